The molecule has 0 bridgehead atoms. The van der Waals surface area contributed by atoms with Crippen molar-refractivity contribution in [1.29, 1.82) is 0 Å². The molecule has 3 aromatic rings. The Bertz CT molecular complexity index is 1400. The summed E-state index contributed by atoms with van der Waals surface area (Å²) in [5.41, 5.74) is 2.74. The van der Waals surface area contributed by atoms with E-state index < -0.39 is 11.9 Å². The summed E-state index contributed by atoms with van der Waals surface area (Å²) < 4.78 is 32.6. The van der Waals surface area contributed by atoms with Crippen LogP contribution >= 0.6 is 0 Å². The monoisotopic (exact) mass is 517 g/mol. The zero-order chi connectivity index (χ0) is 27.2. The molecule has 0 saturated heterocycles. The summed E-state index contributed by atoms with van der Waals surface area (Å²) in [4.78, 5) is 29.8. The van der Waals surface area contributed by atoms with Crippen molar-refractivity contribution in [1.82, 2.24) is 0 Å². The van der Waals surface area contributed by atoms with Gasteiger partial charge in [-0.3, -0.25) is 0 Å². The first-order chi connectivity index (χ1) is 18.4. The molecule has 0 N–H and O–H groups in total. The normalized spacial score (nSPS) is 13.6. The van der Waals surface area contributed by atoms with Crippen LogP contribution in [-0.4, -0.2) is 45.8 Å². The Morgan fingerprint density at radius 1 is 0.895 bits per heavy atom. The van der Waals surface area contributed by atoms with Crippen LogP contribution in [0.15, 0.2) is 65.3 Å². The fraction of sp³-hybridized carbons (Fsp3) is 0.207. The van der Waals surface area contributed by atoms with Crippen molar-refractivity contribution in [2.24, 2.45) is 4.99 Å². The minimum Gasteiger partial charge on any atom is -0.493 e. The largest absolute Gasteiger partial charge is 0.493 e. The molecule has 0 aromatic heterocycles. The topological polar surface area (TPSA) is 102 Å². The number of hydrogen-bond donors (Lipinski definition) is 0. The molecular weight excluding hydrogens is 490 g/mol. The van der Waals surface area contributed by atoms with Crippen LogP contribution in [0.4, 0.5) is 0 Å². The van der Waals surface area contributed by atoms with Gasteiger partial charge in [-0.15, -0.1) is 0 Å². The number of nitrogens with zero attached hydrogens (tertiary/aromatic N) is 1. The van der Waals surface area contributed by atoms with E-state index in [1.54, 1.807) is 24.3 Å². The van der Waals surface area contributed by atoms with Gasteiger partial charge in [0, 0.05) is 5.56 Å². The van der Waals surface area contributed by atoms with Gasteiger partial charge in [0.05, 0.1) is 33.5 Å². The molecule has 4 rings (SSSR count). The number of aryl methyl sites for hydroxylation is 1. The maximum atomic E-state index is 13.0. The van der Waals surface area contributed by atoms with Gasteiger partial charge in [-0.2, -0.15) is 0 Å². The van der Waals surface area contributed by atoms with Gasteiger partial charge in [0.2, 0.25) is 11.6 Å². The van der Waals surface area contributed by atoms with E-state index in [4.69, 9.17) is 28.4 Å². The predicted octanol–water partition coefficient (Wildman–Crippen LogP) is 4.98. The molecule has 196 valence electrons. The summed E-state index contributed by atoms with van der Waals surface area (Å²) in [6.07, 6.45) is 1.58. The predicted molar refractivity (Wildman–Crippen MR) is 140 cm³/mol. The molecule has 38 heavy (non-hydrogen) atoms. The van der Waals surface area contributed by atoms with Crippen LogP contribution in [-0.2, 0) is 9.53 Å². The van der Waals surface area contributed by atoms with E-state index in [9.17, 15) is 9.59 Å². The second-order valence-electron chi connectivity index (χ2n) is 8.14. The second kappa shape index (κ2) is 11.5. The lowest BCUT2D eigenvalue weighted by molar-refractivity contribution is -0.129. The molecule has 3 aromatic carbocycles. The zero-order valence-electron chi connectivity index (χ0n) is 21.7. The van der Waals surface area contributed by atoms with E-state index in [1.165, 1.54) is 33.5 Å². The lowest BCUT2D eigenvalue weighted by Crippen LogP contribution is -2.11. The van der Waals surface area contributed by atoms with Gasteiger partial charge in [-0.25, -0.2) is 14.6 Å². The minimum absolute atomic E-state index is 0.144. The molecule has 1 aliphatic rings. The van der Waals surface area contributed by atoms with Gasteiger partial charge in [0.15, 0.2) is 28.7 Å². The lowest BCUT2D eigenvalue weighted by atomic mass is 10.1. The Labute approximate surface area is 220 Å². The van der Waals surface area contributed by atoms with Gasteiger partial charge in [-0.05, 0) is 61.9 Å². The summed E-state index contributed by atoms with van der Waals surface area (Å²) in [5, 5.41) is 0. The van der Waals surface area contributed by atoms with Crippen molar-refractivity contribution < 1.29 is 38.0 Å². The molecule has 0 unspecified atom stereocenters. The molecule has 0 amide bonds. The van der Waals surface area contributed by atoms with Crippen molar-refractivity contribution >= 4 is 23.9 Å². The first-order valence-corrected chi connectivity index (χ1v) is 11.8. The standard InChI is InChI=1S/C29H27NO8/c1-6-36-23-14-18(13-21-29(32)38-27(30-21)19-10-7-17(2)8-11-19)9-12-22(23)37-28(31)20-15-24(33-3)26(35-5)25(16-20)34-4/h7-16H,6H2,1-5H3/b21-13+. The lowest BCUT2D eigenvalue weighted by Gasteiger charge is -2.15. The van der Waals surface area contributed by atoms with Crippen molar-refractivity contribution in [2.75, 3.05) is 27.9 Å². The maximum Gasteiger partial charge on any atom is 0.363 e. The number of methoxy groups -OCH3 is 3. The van der Waals surface area contributed by atoms with Crippen LogP contribution < -0.4 is 23.7 Å². The molecule has 0 radical (unpaired) electrons. The number of hydrogen-bond acceptors (Lipinski definition) is 9. The molecule has 0 saturated carbocycles. The number of rotatable bonds is 9. The van der Waals surface area contributed by atoms with Crippen LogP contribution in [0.1, 0.15) is 34.0 Å². The number of benzene rings is 3. The fourth-order valence-electron chi connectivity index (χ4n) is 3.71. The Kier molecular flexibility index (Phi) is 7.96. The van der Waals surface area contributed by atoms with E-state index in [2.05, 4.69) is 4.99 Å². The second-order valence-corrected chi connectivity index (χ2v) is 8.14. The van der Waals surface area contributed by atoms with Gasteiger partial charge in [0.25, 0.3) is 0 Å². The van der Waals surface area contributed by atoms with Gasteiger partial charge in [-0.1, -0.05) is 23.8 Å². The number of carbonyl (C=O) groups is 2. The molecule has 0 fully saturated rings. The summed E-state index contributed by atoms with van der Waals surface area (Å²) in [6.45, 7) is 4.11. The fourth-order valence-corrected chi connectivity index (χ4v) is 3.71. The van der Waals surface area contributed by atoms with Crippen LogP contribution in [0, 0.1) is 6.92 Å². The average molecular weight is 518 g/mol. The van der Waals surface area contributed by atoms with E-state index in [-0.39, 0.29) is 22.9 Å². The van der Waals surface area contributed by atoms with Crippen molar-refractivity contribution in [3.05, 3.63) is 82.5 Å². The summed E-state index contributed by atoms with van der Waals surface area (Å²) in [7, 11) is 4.39. The minimum atomic E-state index is -0.650. The quantitative estimate of drug-likeness (QED) is 0.222. The molecule has 0 aliphatic carbocycles. The Morgan fingerprint density at radius 3 is 2.18 bits per heavy atom. The van der Waals surface area contributed by atoms with Crippen molar-refractivity contribution in [2.45, 2.75) is 13.8 Å². The third kappa shape index (κ3) is 5.62. The molecule has 9 heteroatoms. The zero-order valence-corrected chi connectivity index (χ0v) is 21.7. The smallest absolute Gasteiger partial charge is 0.363 e. The summed E-state index contributed by atoms with van der Waals surface area (Å²) >= 11 is 0. The van der Waals surface area contributed by atoms with E-state index in [0.717, 1.165) is 5.56 Å². The highest BCUT2D eigenvalue weighted by molar-refractivity contribution is 6.12. The number of esters is 2. The van der Waals surface area contributed by atoms with E-state index in [1.807, 2.05) is 38.1 Å². The van der Waals surface area contributed by atoms with Crippen LogP contribution in [0.25, 0.3) is 6.08 Å². The van der Waals surface area contributed by atoms with Crippen molar-refractivity contribution in [3.63, 3.8) is 0 Å². The number of carbonyl (C=O) groups excluding carboxylic acids is 2. The molecule has 0 spiro atoms. The highest BCUT2D eigenvalue weighted by Crippen LogP contribution is 2.39. The summed E-state index contributed by atoms with van der Waals surface area (Å²) in [6, 6.07) is 15.4. The first-order valence-electron chi connectivity index (χ1n) is 11.8. The SMILES string of the molecule is CCOc1cc(/C=C2/N=C(c3ccc(C)cc3)OC2=O)ccc1OC(=O)c1cc(OC)c(OC)c(OC)c1. The Morgan fingerprint density at radius 2 is 1.58 bits per heavy atom. The number of cyclic esters (lactones) is 1. The molecule has 0 atom stereocenters. The Hall–Kier alpha value is -4.79. The number of aliphatic imine (C=N–C) groups is 1. The maximum absolute atomic E-state index is 13.0. The van der Waals surface area contributed by atoms with Crippen LogP contribution in [0.3, 0.4) is 0 Å². The average Bonchev–Trinajstić information content (AvgIpc) is 3.29. The van der Waals surface area contributed by atoms with Gasteiger partial charge in [0.1, 0.15) is 0 Å². The van der Waals surface area contributed by atoms with Crippen molar-refractivity contribution in [3.8, 4) is 28.7 Å². The highest BCUT2D eigenvalue weighted by atomic mass is 16.6. The Balaban J connectivity index is 1.60. The van der Waals surface area contributed by atoms with Crippen LogP contribution in [0.5, 0.6) is 28.7 Å². The molecule has 1 heterocycles. The van der Waals surface area contributed by atoms with Gasteiger partial charge >= 0.3 is 11.9 Å². The summed E-state index contributed by atoms with van der Waals surface area (Å²) in [5.74, 6) is 0.543. The van der Waals surface area contributed by atoms with Crippen LogP contribution in [0.2, 0.25) is 0 Å². The van der Waals surface area contributed by atoms with E-state index in [0.29, 0.717) is 40.7 Å². The highest BCUT2D eigenvalue weighted by Gasteiger charge is 2.25. The van der Waals surface area contributed by atoms with E-state index >= 15 is 0 Å². The third-order valence-corrected chi connectivity index (χ3v) is 5.59. The molecular formula is C29H27NO8. The third-order valence-electron chi connectivity index (χ3n) is 5.59. The molecule has 9 nitrogen and oxygen atoms in total. The first kappa shape index (κ1) is 26.3. The van der Waals surface area contributed by atoms with Gasteiger partial charge < -0.3 is 28.4 Å². The number of ether oxygens (including phenoxy) is 6. The molecule has 1 aliphatic heterocycles.